The van der Waals surface area contributed by atoms with Gasteiger partial charge in [0, 0.05) is 31.8 Å². The fourth-order valence-electron chi connectivity index (χ4n) is 2.86. The van der Waals surface area contributed by atoms with Crippen molar-refractivity contribution in [1.29, 1.82) is 0 Å². The third kappa shape index (κ3) is 2.66. The van der Waals surface area contributed by atoms with Crippen molar-refractivity contribution in [1.82, 2.24) is 14.9 Å². The monoisotopic (exact) mass is 263 g/mol. The van der Waals surface area contributed by atoms with Crippen molar-refractivity contribution < 1.29 is 9.53 Å². The summed E-state index contributed by atoms with van der Waals surface area (Å²) >= 11 is 0. The van der Waals surface area contributed by atoms with E-state index < -0.39 is 0 Å². The molecule has 1 aliphatic heterocycles. The van der Waals surface area contributed by atoms with Crippen molar-refractivity contribution in [3.8, 4) is 0 Å². The molecule has 1 N–H and O–H groups in total. The van der Waals surface area contributed by atoms with Crippen LogP contribution >= 0.6 is 0 Å². The van der Waals surface area contributed by atoms with Crippen LogP contribution < -0.4 is 5.32 Å². The number of nitrogens with one attached hydrogen (secondary N) is 1. The fraction of sp³-hybridized carbons (Fsp3) is 0.714. The van der Waals surface area contributed by atoms with Gasteiger partial charge in [0.05, 0.1) is 17.7 Å². The first-order valence-electron chi connectivity index (χ1n) is 7.12. The predicted molar refractivity (Wildman–Crippen MR) is 70.7 cm³/mol. The molecule has 1 amide bonds. The standard InChI is InChI=1S/C14H21N3O2/c1-3-19-12-6-11(12)14(18)16-10-4-5-13-15-9(2)7-17(13)8-10/h7,10-12H,3-6,8H2,1-2H3,(H,16,18)/t10-,11+,12-/m1/s1. The minimum atomic E-state index is 0.0749. The Hall–Kier alpha value is -1.36. The number of hydrogen-bond acceptors (Lipinski definition) is 3. The van der Waals surface area contributed by atoms with E-state index in [1.54, 1.807) is 0 Å². The molecule has 2 heterocycles. The van der Waals surface area contributed by atoms with Crippen LogP contribution in [0.3, 0.4) is 0 Å². The molecule has 19 heavy (non-hydrogen) atoms. The van der Waals surface area contributed by atoms with Gasteiger partial charge >= 0.3 is 0 Å². The summed E-state index contributed by atoms with van der Waals surface area (Å²) in [6.45, 7) is 5.51. The summed E-state index contributed by atoms with van der Waals surface area (Å²) in [6.07, 6.45) is 5.02. The summed E-state index contributed by atoms with van der Waals surface area (Å²) in [7, 11) is 0. The molecule has 1 aromatic rings. The number of carbonyl (C=O) groups excluding carboxylic acids is 1. The zero-order valence-electron chi connectivity index (χ0n) is 11.6. The molecule has 2 aliphatic rings. The van der Waals surface area contributed by atoms with E-state index in [1.807, 2.05) is 13.8 Å². The van der Waals surface area contributed by atoms with Crippen molar-refractivity contribution in [3.05, 3.63) is 17.7 Å². The average Bonchev–Trinajstić information content (AvgIpc) is 3.03. The van der Waals surface area contributed by atoms with Crippen molar-refractivity contribution in [2.75, 3.05) is 6.61 Å². The second kappa shape index (κ2) is 4.96. The number of amides is 1. The predicted octanol–water partition coefficient (Wildman–Crippen LogP) is 1.05. The summed E-state index contributed by atoms with van der Waals surface area (Å²) in [6, 6.07) is 0.233. The third-order valence-electron chi connectivity index (χ3n) is 3.91. The summed E-state index contributed by atoms with van der Waals surface area (Å²) in [5.74, 6) is 1.37. The number of rotatable bonds is 4. The van der Waals surface area contributed by atoms with E-state index in [0.29, 0.717) is 6.61 Å². The van der Waals surface area contributed by atoms with E-state index in [0.717, 1.165) is 37.3 Å². The number of aromatic nitrogens is 2. The van der Waals surface area contributed by atoms with Crippen molar-refractivity contribution in [2.45, 2.75) is 51.8 Å². The van der Waals surface area contributed by atoms with E-state index in [2.05, 4.69) is 21.1 Å². The summed E-state index contributed by atoms with van der Waals surface area (Å²) in [5, 5.41) is 3.15. The Morgan fingerprint density at radius 1 is 1.63 bits per heavy atom. The maximum absolute atomic E-state index is 12.1. The van der Waals surface area contributed by atoms with Gasteiger partial charge in [-0.2, -0.15) is 0 Å². The molecule has 0 aromatic carbocycles. The maximum Gasteiger partial charge on any atom is 0.226 e. The third-order valence-corrected chi connectivity index (χ3v) is 3.91. The van der Waals surface area contributed by atoms with Gasteiger partial charge in [-0.05, 0) is 26.7 Å². The topological polar surface area (TPSA) is 56.1 Å². The lowest BCUT2D eigenvalue weighted by Gasteiger charge is -2.24. The molecular weight excluding hydrogens is 242 g/mol. The molecule has 1 saturated carbocycles. The lowest BCUT2D eigenvalue weighted by Crippen LogP contribution is -2.42. The van der Waals surface area contributed by atoms with Crippen molar-refractivity contribution in [3.63, 3.8) is 0 Å². The Balaban J connectivity index is 1.53. The highest BCUT2D eigenvalue weighted by Crippen LogP contribution is 2.34. The Morgan fingerprint density at radius 3 is 3.26 bits per heavy atom. The highest BCUT2D eigenvalue weighted by Gasteiger charge is 2.44. The van der Waals surface area contributed by atoms with E-state index in [4.69, 9.17) is 4.74 Å². The zero-order valence-corrected chi connectivity index (χ0v) is 11.6. The number of ether oxygens (including phenoxy) is 1. The van der Waals surface area contributed by atoms with Gasteiger partial charge in [0.2, 0.25) is 5.91 Å². The van der Waals surface area contributed by atoms with Crippen LogP contribution in [0.2, 0.25) is 0 Å². The molecule has 1 aromatic heterocycles. The van der Waals surface area contributed by atoms with Crippen LogP contribution in [0.1, 0.15) is 31.3 Å². The SMILES string of the molecule is CCO[C@@H]1C[C@@H]1C(=O)N[C@@H]1CCc2nc(C)cn2C1. The van der Waals surface area contributed by atoms with Crippen LogP contribution in [-0.4, -0.2) is 34.2 Å². The molecular formula is C14H21N3O2. The molecule has 3 rings (SSSR count). The number of fused-ring (bicyclic) bond motifs is 1. The normalized spacial score (nSPS) is 28.8. The van der Waals surface area contributed by atoms with Crippen LogP contribution in [0, 0.1) is 12.8 Å². The van der Waals surface area contributed by atoms with E-state index in [-0.39, 0.29) is 24.0 Å². The number of hydrogen-bond donors (Lipinski definition) is 1. The largest absolute Gasteiger partial charge is 0.378 e. The minimum Gasteiger partial charge on any atom is -0.378 e. The molecule has 0 unspecified atom stereocenters. The van der Waals surface area contributed by atoms with Gasteiger partial charge in [0.25, 0.3) is 0 Å². The van der Waals surface area contributed by atoms with Gasteiger partial charge in [-0.1, -0.05) is 0 Å². The van der Waals surface area contributed by atoms with Gasteiger partial charge in [-0.25, -0.2) is 4.98 Å². The highest BCUT2D eigenvalue weighted by atomic mass is 16.5. The Labute approximate surface area is 113 Å². The van der Waals surface area contributed by atoms with Crippen molar-refractivity contribution >= 4 is 5.91 Å². The van der Waals surface area contributed by atoms with Crippen LogP contribution in [0.25, 0.3) is 0 Å². The average molecular weight is 263 g/mol. The first kappa shape index (κ1) is 12.7. The molecule has 0 bridgehead atoms. The van der Waals surface area contributed by atoms with Crippen LogP contribution in [0.5, 0.6) is 0 Å². The van der Waals surface area contributed by atoms with Crippen LogP contribution in [-0.2, 0) is 22.5 Å². The van der Waals surface area contributed by atoms with Gasteiger partial charge in [-0.3, -0.25) is 4.79 Å². The van der Waals surface area contributed by atoms with Gasteiger partial charge < -0.3 is 14.6 Å². The molecule has 1 fully saturated rings. The second-order valence-electron chi connectivity index (χ2n) is 5.53. The minimum absolute atomic E-state index is 0.0749. The molecule has 0 spiro atoms. The Morgan fingerprint density at radius 2 is 2.47 bits per heavy atom. The lowest BCUT2D eigenvalue weighted by atomic mass is 10.1. The molecule has 5 heteroatoms. The van der Waals surface area contributed by atoms with E-state index in [1.165, 1.54) is 0 Å². The number of imidazole rings is 1. The van der Waals surface area contributed by atoms with Crippen LogP contribution in [0.15, 0.2) is 6.20 Å². The zero-order chi connectivity index (χ0) is 13.4. The summed E-state index contributed by atoms with van der Waals surface area (Å²) < 4.78 is 7.62. The fourth-order valence-corrected chi connectivity index (χ4v) is 2.86. The Kier molecular flexibility index (Phi) is 3.31. The van der Waals surface area contributed by atoms with Gasteiger partial charge in [0.1, 0.15) is 5.82 Å². The molecule has 0 saturated heterocycles. The van der Waals surface area contributed by atoms with Crippen molar-refractivity contribution in [2.24, 2.45) is 5.92 Å². The smallest absolute Gasteiger partial charge is 0.226 e. The maximum atomic E-state index is 12.1. The van der Waals surface area contributed by atoms with E-state index >= 15 is 0 Å². The summed E-state index contributed by atoms with van der Waals surface area (Å²) in [5.41, 5.74) is 1.06. The number of nitrogens with zero attached hydrogens (tertiary/aromatic N) is 2. The molecule has 1 aliphatic carbocycles. The van der Waals surface area contributed by atoms with Crippen LogP contribution in [0.4, 0.5) is 0 Å². The lowest BCUT2D eigenvalue weighted by molar-refractivity contribution is -0.124. The number of aryl methyl sites for hydroxylation is 2. The van der Waals surface area contributed by atoms with Gasteiger partial charge in [0.15, 0.2) is 0 Å². The molecule has 0 radical (unpaired) electrons. The number of carbonyl (C=O) groups is 1. The van der Waals surface area contributed by atoms with Gasteiger partial charge in [-0.15, -0.1) is 0 Å². The molecule has 5 nitrogen and oxygen atoms in total. The molecule has 3 atom stereocenters. The first-order valence-corrected chi connectivity index (χ1v) is 7.12. The quantitative estimate of drug-likeness (QED) is 0.883. The van der Waals surface area contributed by atoms with E-state index in [9.17, 15) is 4.79 Å². The Bertz CT molecular complexity index is 483. The first-order chi connectivity index (χ1) is 9.17. The molecule has 104 valence electrons. The summed E-state index contributed by atoms with van der Waals surface area (Å²) in [4.78, 5) is 16.5. The highest BCUT2D eigenvalue weighted by molar-refractivity contribution is 5.82. The second-order valence-corrected chi connectivity index (χ2v) is 5.53.